The number of benzene rings is 2. The molecule has 6 rings (SSSR count). The largest absolute Gasteiger partial charge is 0.490 e. The first-order chi connectivity index (χ1) is 26.7. The number of aryl methyl sites for hydroxylation is 1. The van der Waals surface area contributed by atoms with Crippen LogP contribution in [0.3, 0.4) is 0 Å². The number of fused-ring (bicyclic) bond motifs is 2. The Morgan fingerprint density at radius 2 is 1.73 bits per heavy atom. The molecule has 2 atom stereocenters. The van der Waals surface area contributed by atoms with E-state index in [9.17, 15) is 45.9 Å². The number of urea groups is 1. The van der Waals surface area contributed by atoms with Crippen LogP contribution in [0.15, 0.2) is 47.1 Å². The molecule has 6 amide bonds. The van der Waals surface area contributed by atoms with Crippen LogP contribution in [0.4, 0.5) is 38.4 Å². The average molecular weight is 790 g/mol. The highest BCUT2D eigenvalue weighted by Gasteiger charge is 2.47. The van der Waals surface area contributed by atoms with Crippen molar-refractivity contribution in [1.82, 2.24) is 25.5 Å². The van der Waals surface area contributed by atoms with Crippen LogP contribution < -0.4 is 26.0 Å². The molecule has 16 nitrogen and oxygen atoms in total. The van der Waals surface area contributed by atoms with Crippen molar-refractivity contribution in [2.24, 2.45) is 0 Å². The summed E-state index contributed by atoms with van der Waals surface area (Å²) < 4.78 is 91.4. The van der Waals surface area contributed by atoms with E-state index in [0.717, 1.165) is 23.4 Å². The first kappa shape index (κ1) is 39.5. The van der Waals surface area contributed by atoms with Crippen molar-refractivity contribution in [3.05, 3.63) is 76.8 Å². The molecule has 4 aromatic rings. The number of halogens is 5. The Balaban J connectivity index is 0.878. The second-order valence-electron chi connectivity index (χ2n) is 12.3. The number of rotatable bonds is 15. The lowest BCUT2D eigenvalue weighted by Gasteiger charge is -2.27. The predicted molar refractivity (Wildman–Crippen MR) is 183 cm³/mol. The van der Waals surface area contributed by atoms with Crippen LogP contribution in [0.25, 0.3) is 11.0 Å². The Hall–Kier alpha value is -6.22. The molecule has 0 bridgehead atoms. The summed E-state index contributed by atoms with van der Waals surface area (Å²) in [4.78, 5) is 71.2. The van der Waals surface area contributed by atoms with Crippen molar-refractivity contribution in [2.75, 3.05) is 50.2 Å². The van der Waals surface area contributed by atoms with Crippen molar-refractivity contribution in [2.45, 2.75) is 38.0 Å². The molecule has 21 heteroatoms. The second kappa shape index (κ2) is 16.7. The summed E-state index contributed by atoms with van der Waals surface area (Å²) in [6, 6.07) is 0.758. The van der Waals surface area contributed by atoms with Gasteiger partial charge in [0.2, 0.25) is 17.8 Å². The lowest BCUT2D eigenvalue weighted by atomic mass is 10.0. The SMILES string of the molecule is Cc1c([C@@H](NC(=O)Nc2cnc(NCCOCCOCCOc3cccc4c3C(=O)N(C3CCC(=O)NC3=O)C4=O)nc2)C(F)(F)F)oc2c(F)cc(F)cc12. The van der Waals surface area contributed by atoms with E-state index in [-0.39, 0.29) is 91.9 Å². The highest BCUT2D eigenvalue weighted by Crippen LogP contribution is 2.39. The van der Waals surface area contributed by atoms with Crippen LogP contribution in [0.1, 0.15) is 50.9 Å². The molecule has 1 saturated heterocycles. The number of ether oxygens (including phenoxy) is 3. The third-order valence-electron chi connectivity index (χ3n) is 8.59. The van der Waals surface area contributed by atoms with Crippen LogP contribution in [-0.2, 0) is 19.1 Å². The molecule has 4 heterocycles. The quantitative estimate of drug-likeness (QED) is 0.0762. The van der Waals surface area contributed by atoms with Crippen molar-refractivity contribution in [3.63, 3.8) is 0 Å². The van der Waals surface area contributed by atoms with E-state index in [4.69, 9.17) is 18.6 Å². The molecule has 1 unspecified atom stereocenters. The van der Waals surface area contributed by atoms with E-state index >= 15 is 0 Å². The minimum Gasteiger partial charge on any atom is -0.490 e. The number of nitrogens with zero attached hydrogens (tertiary/aromatic N) is 3. The molecule has 2 aliphatic rings. The molecule has 1 fully saturated rings. The van der Waals surface area contributed by atoms with Gasteiger partial charge in [0.15, 0.2) is 17.4 Å². The Labute approximate surface area is 313 Å². The number of nitrogens with one attached hydrogen (secondary N) is 4. The number of aromatic nitrogens is 2. The molecule has 0 saturated carbocycles. The standard InChI is InChI=1S/C35H32F5N7O9/c1-17-21-13-18(36)14-22(37)28(21)56-27(17)29(35(38,39)40)46-34(52)44-19-15-42-33(43-16-19)41-7-8-53-9-10-54-11-12-55-24-4-2-3-20-26(24)32(51)47(31(20)50)23-5-6-25(48)45-30(23)49/h2-4,13-16,23,29H,5-12H2,1H3,(H,41,42,43)(H2,44,46,52)(H,45,48,49)/t23?,29-/m1/s1. The number of imide groups is 2. The highest BCUT2D eigenvalue weighted by atomic mass is 19.4. The fourth-order valence-corrected chi connectivity index (χ4v) is 5.99. The molecule has 2 aliphatic heterocycles. The number of carbonyl (C=O) groups excluding carboxylic acids is 5. The molecule has 4 N–H and O–H groups in total. The topological polar surface area (TPSA) is 203 Å². The summed E-state index contributed by atoms with van der Waals surface area (Å²) in [5, 5.41) is 8.73. The zero-order valence-electron chi connectivity index (χ0n) is 29.3. The van der Waals surface area contributed by atoms with Crippen LogP contribution in [0, 0.1) is 18.6 Å². The minimum atomic E-state index is -5.06. The number of amides is 6. The van der Waals surface area contributed by atoms with Gasteiger partial charge in [-0.15, -0.1) is 0 Å². The van der Waals surface area contributed by atoms with Crippen LogP contribution in [0.5, 0.6) is 5.75 Å². The number of piperidine rings is 1. The summed E-state index contributed by atoms with van der Waals surface area (Å²) in [6.07, 6.45) is -2.73. The van der Waals surface area contributed by atoms with Crippen molar-refractivity contribution in [1.29, 1.82) is 0 Å². The summed E-state index contributed by atoms with van der Waals surface area (Å²) in [5.41, 5.74) is -0.703. The molecular formula is C35H32F5N7O9. The Morgan fingerprint density at radius 1 is 1.02 bits per heavy atom. The average Bonchev–Trinajstić information content (AvgIpc) is 3.60. The van der Waals surface area contributed by atoms with E-state index in [1.807, 2.05) is 0 Å². The van der Waals surface area contributed by atoms with Crippen molar-refractivity contribution in [3.8, 4) is 5.75 Å². The maximum atomic E-state index is 14.1. The van der Waals surface area contributed by atoms with Crippen LogP contribution in [-0.4, -0.2) is 96.3 Å². The van der Waals surface area contributed by atoms with Gasteiger partial charge in [-0.2, -0.15) is 13.2 Å². The summed E-state index contributed by atoms with van der Waals surface area (Å²) in [5.74, 6) is -5.24. The summed E-state index contributed by atoms with van der Waals surface area (Å²) in [6.45, 7) is 2.20. The van der Waals surface area contributed by atoms with Gasteiger partial charge >= 0.3 is 12.2 Å². The van der Waals surface area contributed by atoms with Gasteiger partial charge in [-0.25, -0.2) is 23.5 Å². The van der Waals surface area contributed by atoms with Crippen LogP contribution in [0.2, 0.25) is 0 Å². The van der Waals surface area contributed by atoms with Gasteiger partial charge in [0.05, 0.1) is 55.6 Å². The summed E-state index contributed by atoms with van der Waals surface area (Å²) >= 11 is 0. The van der Waals surface area contributed by atoms with Gasteiger partial charge < -0.3 is 34.6 Å². The molecule has 0 radical (unpaired) electrons. The zero-order valence-corrected chi connectivity index (χ0v) is 29.3. The number of furan rings is 1. The van der Waals surface area contributed by atoms with E-state index in [1.165, 1.54) is 19.1 Å². The fourth-order valence-electron chi connectivity index (χ4n) is 5.99. The van der Waals surface area contributed by atoms with Crippen molar-refractivity contribution < 1.29 is 64.6 Å². The molecule has 56 heavy (non-hydrogen) atoms. The monoisotopic (exact) mass is 789 g/mol. The fraction of sp³-hybridized carbons (Fsp3) is 0.343. The van der Waals surface area contributed by atoms with Crippen LogP contribution >= 0.6 is 0 Å². The lowest BCUT2D eigenvalue weighted by Crippen LogP contribution is -2.54. The first-order valence-electron chi connectivity index (χ1n) is 16.9. The molecule has 2 aromatic heterocycles. The maximum absolute atomic E-state index is 14.1. The van der Waals surface area contributed by atoms with E-state index in [2.05, 4.69) is 25.9 Å². The number of hydrogen-bond acceptors (Lipinski definition) is 12. The normalized spacial score (nSPS) is 16.2. The van der Waals surface area contributed by atoms with Gasteiger partial charge in [0.25, 0.3) is 11.8 Å². The van der Waals surface area contributed by atoms with Gasteiger partial charge in [-0.3, -0.25) is 29.4 Å². The minimum absolute atomic E-state index is 0.00286. The molecule has 296 valence electrons. The van der Waals surface area contributed by atoms with E-state index in [1.54, 1.807) is 11.4 Å². The number of alkyl halides is 3. The Kier molecular flexibility index (Phi) is 11.7. The Morgan fingerprint density at radius 3 is 2.45 bits per heavy atom. The van der Waals surface area contributed by atoms with Gasteiger partial charge in [-0.1, -0.05) is 6.07 Å². The molecule has 0 aliphatic carbocycles. The molecule has 0 spiro atoms. The molecule has 2 aromatic carbocycles. The number of hydrogen-bond donors (Lipinski definition) is 4. The smallest absolute Gasteiger partial charge is 0.416 e. The van der Waals surface area contributed by atoms with Crippen molar-refractivity contribution >= 4 is 52.3 Å². The van der Waals surface area contributed by atoms with E-state index in [0.29, 0.717) is 6.07 Å². The molecular weight excluding hydrogens is 757 g/mol. The maximum Gasteiger partial charge on any atom is 0.416 e. The zero-order chi connectivity index (χ0) is 40.1. The number of carbonyl (C=O) groups is 5. The third kappa shape index (κ3) is 8.68. The van der Waals surface area contributed by atoms with Gasteiger partial charge in [-0.05, 0) is 31.5 Å². The Bertz CT molecular complexity index is 2160. The number of anilines is 2. The van der Waals surface area contributed by atoms with Gasteiger partial charge in [0, 0.05) is 30.0 Å². The van der Waals surface area contributed by atoms with E-state index < -0.39 is 70.9 Å². The predicted octanol–water partition coefficient (Wildman–Crippen LogP) is 4.16. The lowest BCUT2D eigenvalue weighted by molar-refractivity contribution is -0.158. The highest BCUT2D eigenvalue weighted by molar-refractivity contribution is 6.24. The second-order valence-corrected chi connectivity index (χ2v) is 12.3. The summed E-state index contributed by atoms with van der Waals surface area (Å²) in [7, 11) is 0. The first-order valence-corrected chi connectivity index (χ1v) is 16.9. The van der Waals surface area contributed by atoms with Gasteiger partial charge in [0.1, 0.15) is 30.0 Å². The third-order valence-corrected chi connectivity index (χ3v) is 8.59.